The molecule has 9 heteroatoms. The first-order valence-corrected chi connectivity index (χ1v) is 27.1. The van der Waals surface area contributed by atoms with E-state index in [9.17, 15) is 19.5 Å². The molecule has 0 radical (unpaired) electrons. The molecule has 9 nitrogen and oxygen atoms in total. The Hall–Kier alpha value is -1.87. The van der Waals surface area contributed by atoms with Crippen LogP contribution in [-0.4, -0.2) is 65.7 Å². The summed E-state index contributed by atoms with van der Waals surface area (Å²) in [6.07, 6.45) is 39.1. The maximum Gasteiger partial charge on any atom is 0.407 e. The molecular weight excluding hydrogens is 801 g/mol. The van der Waals surface area contributed by atoms with Gasteiger partial charge in [0.1, 0.15) is 5.60 Å². The van der Waals surface area contributed by atoms with Crippen molar-refractivity contribution in [3.05, 3.63) is 0 Å². The number of unbranched alkanes of at least 4 members (excludes halogenated alkanes) is 29. The van der Waals surface area contributed by atoms with Gasteiger partial charge in [-0.2, -0.15) is 0 Å². The fourth-order valence-electron chi connectivity index (χ4n) is 7.93. The monoisotopic (exact) mass is 911 g/mol. The second-order valence-corrected chi connectivity index (χ2v) is 21.6. The standard InChI is InChI=1S/C47H92N2O5.C8H18O2/c1-7-9-11-13-15-17-19-21-23-25-27-29-31-33-35-37-39-48-45(51)43(41-49-46(52)54-47(5,6)40-42(3)4)53-44(50)38-36-34-32-30-28-26-24-22-20-18-16-14-12-10-8-2;1-7(2,3)10-6-8(4,5)9/h42-43H,7-41H2,1-6H3,(H,48,51)(H,49,52);9H,6H2,1-5H3. The number of rotatable bonds is 42. The molecule has 0 aromatic carbocycles. The Kier molecular flexibility index (Phi) is 42.6. The summed E-state index contributed by atoms with van der Waals surface area (Å²) in [5.41, 5.74) is -1.50. The van der Waals surface area contributed by atoms with Gasteiger partial charge in [-0.1, -0.05) is 214 Å². The quantitative estimate of drug-likeness (QED) is 0.0412. The minimum absolute atomic E-state index is 0.105. The molecule has 3 N–H and O–H groups in total. The minimum Gasteiger partial charge on any atom is -0.450 e. The zero-order valence-corrected chi connectivity index (χ0v) is 44.5. The maximum atomic E-state index is 13.1. The van der Waals surface area contributed by atoms with E-state index in [0.29, 0.717) is 19.1 Å². The lowest BCUT2D eigenvalue weighted by atomic mass is 9.96. The van der Waals surface area contributed by atoms with Gasteiger partial charge in [-0.05, 0) is 73.6 Å². The van der Waals surface area contributed by atoms with Gasteiger partial charge in [0, 0.05) is 13.0 Å². The van der Waals surface area contributed by atoms with E-state index in [1.165, 1.54) is 167 Å². The third kappa shape index (κ3) is 51.1. The van der Waals surface area contributed by atoms with E-state index in [0.717, 1.165) is 38.5 Å². The minimum atomic E-state index is -1.07. The van der Waals surface area contributed by atoms with Crippen molar-refractivity contribution in [1.82, 2.24) is 10.6 Å². The number of ether oxygens (including phenoxy) is 3. The highest BCUT2D eigenvalue weighted by Gasteiger charge is 2.27. The van der Waals surface area contributed by atoms with Crippen molar-refractivity contribution < 1.29 is 33.7 Å². The van der Waals surface area contributed by atoms with Crippen LogP contribution in [0.4, 0.5) is 4.79 Å². The lowest BCUT2D eigenvalue weighted by molar-refractivity contribution is -0.155. The van der Waals surface area contributed by atoms with E-state index in [-0.39, 0.29) is 30.4 Å². The van der Waals surface area contributed by atoms with Crippen LogP contribution >= 0.6 is 0 Å². The Morgan fingerprint density at radius 2 is 0.875 bits per heavy atom. The van der Waals surface area contributed by atoms with Gasteiger partial charge in [-0.25, -0.2) is 4.79 Å². The first-order chi connectivity index (χ1) is 30.3. The average Bonchev–Trinajstić information content (AvgIpc) is 3.20. The molecule has 64 heavy (non-hydrogen) atoms. The summed E-state index contributed by atoms with van der Waals surface area (Å²) in [6, 6.07) is 0. The van der Waals surface area contributed by atoms with Crippen molar-refractivity contribution >= 4 is 18.0 Å². The molecule has 0 saturated carbocycles. The number of carbonyl (C=O) groups excluding carboxylic acids is 3. The Morgan fingerprint density at radius 3 is 1.20 bits per heavy atom. The van der Waals surface area contributed by atoms with Crippen LogP contribution in [0.15, 0.2) is 0 Å². The second-order valence-electron chi connectivity index (χ2n) is 21.6. The van der Waals surface area contributed by atoms with Crippen molar-refractivity contribution in [2.45, 2.75) is 311 Å². The van der Waals surface area contributed by atoms with E-state index in [2.05, 4.69) is 38.3 Å². The number of amides is 2. The van der Waals surface area contributed by atoms with Gasteiger partial charge in [0.2, 0.25) is 0 Å². The fourth-order valence-corrected chi connectivity index (χ4v) is 7.93. The van der Waals surface area contributed by atoms with E-state index in [4.69, 9.17) is 14.2 Å². The van der Waals surface area contributed by atoms with Crippen LogP contribution in [0.1, 0.15) is 288 Å². The summed E-state index contributed by atoms with van der Waals surface area (Å²) in [4.78, 5) is 38.5. The summed E-state index contributed by atoms with van der Waals surface area (Å²) in [5, 5.41) is 14.9. The molecule has 0 aromatic rings. The van der Waals surface area contributed by atoms with Crippen molar-refractivity contribution in [2.75, 3.05) is 19.7 Å². The SMILES string of the molecule is CC(C)(O)COC(C)(C)C.CCCCCCCCCCCCCCCCCCNC(=O)C(CNC(=O)OC(C)(C)CC(C)C)OC(=O)CCCCCCCCCCCCCCCCC. The van der Waals surface area contributed by atoms with Gasteiger partial charge in [-0.15, -0.1) is 0 Å². The maximum absolute atomic E-state index is 13.1. The number of carbonyl (C=O) groups is 3. The normalized spacial score (nSPS) is 12.5. The fraction of sp³-hybridized carbons (Fsp3) is 0.945. The molecule has 0 spiro atoms. The predicted molar refractivity (Wildman–Crippen MR) is 272 cm³/mol. The van der Waals surface area contributed by atoms with E-state index in [1.54, 1.807) is 13.8 Å². The zero-order valence-electron chi connectivity index (χ0n) is 44.5. The highest BCUT2D eigenvalue weighted by atomic mass is 16.6. The largest absolute Gasteiger partial charge is 0.450 e. The first kappa shape index (κ1) is 64.2. The summed E-state index contributed by atoms with van der Waals surface area (Å²) in [7, 11) is 0. The van der Waals surface area contributed by atoms with Crippen LogP contribution in [0, 0.1) is 5.92 Å². The predicted octanol–water partition coefficient (Wildman–Crippen LogP) is 15.7. The van der Waals surface area contributed by atoms with Crippen molar-refractivity contribution in [1.29, 1.82) is 0 Å². The van der Waals surface area contributed by atoms with Crippen LogP contribution in [0.25, 0.3) is 0 Å². The van der Waals surface area contributed by atoms with Gasteiger partial charge >= 0.3 is 12.1 Å². The Morgan fingerprint density at radius 1 is 0.516 bits per heavy atom. The molecule has 1 atom stereocenters. The highest BCUT2D eigenvalue weighted by Crippen LogP contribution is 2.21. The van der Waals surface area contributed by atoms with Crippen LogP contribution < -0.4 is 10.6 Å². The average molecular weight is 911 g/mol. The topological polar surface area (TPSA) is 123 Å². The van der Waals surface area contributed by atoms with Crippen LogP contribution in [-0.2, 0) is 23.8 Å². The van der Waals surface area contributed by atoms with Gasteiger partial charge in [0.05, 0.1) is 24.4 Å². The molecule has 1 unspecified atom stereocenters. The van der Waals surface area contributed by atoms with Gasteiger partial charge in [0.25, 0.3) is 5.91 Å². The number of aliphatic hydroxyl groups is 1. The van der Waals surface area contributed by atoms with Crippen LogP contribution in [0.2, 0.25) is 0 Å². The van der Waals surface area contributed by atoms with Crippen LogP contribution in [0.3, 0.4) is 0 Å². The molecule has 0 aliphatic heterocycles. The summed E-state index contributed by atoms with van der Waals surface area (Å²) in [5.74, 6) is -0.373. The van der Waals surface area contributed by atoms with E-state index in [1.807, 2.05) is 34.6 Å². The van der Waals surface area contributed by atoms with Crippen molar-refractivity contribution in [3.63, 3.8) is 0 Å². The zero-order chi connectivity index (χ0) is 48.4. The smallest absolute Gasteiger partial charge is 0.407 e. The van der Waals surface area contributed by atoms with Crippen LogP contribution in [0.5, 0.6) is 0 Å². The third-order valence-electron chi connectivity index (χ3n) is 11.4. The molecule has 0 saturated heterocycles. The van der Waals surface area contributed by atoms with Crippen molar-refractivity contribution in [3.8, 4) is 0 Å². The molecule has 0 rings (SSSR count). The van der Waals surface area contributed by atoms with E-state index < -0.39 is 23.4 Å². The molecule has 0 fully saturated rings. The van der Waals surface area contributed by atoms with E-state index >= 15 is 0 Å². The molecule has 2 amide bonds. The second kappa shape index (κ2) is 42.5. The Bertz CT molecular complexity index is 1050. The third-order valence-corrected chi connectivity index (χ3v) is 11.4. The number of nitrogens with one attached hydrogen (secondary N) is 2. The summed E-state index contributed by atoms with van der Waals surface area (Å²) in [6.45, 7) is 22.7. The molecule has 0 aliphatic carbocycles. The lowest BCUT2D eigenvalue weighted by Gasteiger charge is -2.27. The molecule has 0 bridgehead atoms. The van der Waals surface area contributed by atoms with Gasteiger partial charge in [-0.3, -0.25) is 9.59 Å². The summed E-state index contributed by atoms with van der Waals surface area (Å²) < 4.78 is 16.6. The molecular formula is C55H110N2O7. The van der Waals surface area contributed by atoms with Gasteiger partial charge < -0.3 is 30.0 Å². The Labute approximate surface area is 397 Å². The molecule has 0 heterocycles. The first-order valence-electron chi connectivity index (χ1n) is 27.1. The van der Waals surface area contributed by atoms with Gasteiger partial charge in [0.15, 0.2) is 6.10 Å². The number of esters is 1. The van der Waals surface area contributed by atoms with Crippen molar-refractivity contribution in [2.24, 2.45) is 5.92 Å². The number of hydrogen-bond acceptors (Lipinski definition) is 7. The molecule has 0 aliphatic rings. The number of alkyl carbamates (subject to hydrolysis) is 1. The Balaban J connectivity index is 0. The highest BCUT2D eigenvalue weighted by molar-refractivity contribution is 5.84. The number of hydrogen-bond donors (Lipinski definition) is 3. The molecule has 0 aromatic heterocycles. The molecule has 382 valence electrons. The summed E-state index contributed by atoms with van der Waals surface area (Å²) >= 11 is 0. The lowest BCUT2D eigenvalue weighted by Crippen LogP contribution is -2.46.